The van der Waals surface area contributed by atoms with E-state index < -0.39 is 12.0 Å². The molecule has 2 fully saturated rings. The van der Waals surface area contributed by atoms with Crippen LogP contribution >= 0.6 is 11.6 Å². The molecular formula is C18H20ClNO4. The second-order valence-corrected chi connectivity index (χ2v) is 6.89. The van der Waals surface area contributed by atoms with E-state index >= 15 is 0 Å². The summed E-state index contributed by atoms with van der Waals surface area (Å²) in [5.74, 6) is -1.51. The topological polar surface area (TPSA) is 63.7 Å². The number of benzene rings is 1. The zero-order chi connectivity index (χ0) is 17.3. The largest absolute Gasteiger partial charge is 0.459 e. The molecule has 1 aromatic carbocycles. The standard InChI is InChI=1S/C18H20ClNO4/c1-11(18(23)24-10-12-6-8-13(19)9-7-12)20-16(21)14-4-2-3-5-15(14)17(20)22/h6-9,11,14-15H,2-5,10H2,1H3/t11-,14+,15+/m0/s1. The van der Waals surface area contributed by atoms with Crippen LogP contribution in [0, 0.1) is 11.8 Å². The van der Waals surface area contributed by atoms with E-state index in [1.807, 2.05) is 0 Å². The lowest BCUT2D eigenvalue weighted by Crippen LogP contribution is -2.44. The van der Waals surface area contributed by atoms with Crippen LogP contribution in [0.3, 0.4) is 0 Å². The Balaban J connectivity index is 1.63. The van der Waals surface area contributed by atoms with Crippen LogP contribution < -0.4 is 0 Å². The highest BCUT2D eigenvalue weighted by Gasteiger charge is 2.51. The molecule has 2 aliphatic rings. The molecule has 1 aliphatic carbocycles. The van der Waals surface area contributed by atoms with E-state index in [0.29, 0.717) is 5.02 Å². The third kappa shape index (κ3) is 3.18. The maximum Gasteiger partial charge on any atom is 0.329 e. The molecule has 128 valence electrons. The summed E-state index contributed by atoms with van der Waals surface area (Å²) >= 11 is 5.81. The van der Waals surface area contributed by atoms with Gasteiger partial charge in [0.15, 0.2) is 0 Å². The van der Waals surface area contributed by atoms with Crippen LogP contribution in [-0.4, -0.2) is 28.7 Å². The lowest BCUT2D eigenvalue weighted by Gasteiger charge is -2.21. The van der Waals surface area contributed by atoms with Gasteiger partial charge in [-0.05, 0) is 37.5 Å². The minimum absolute atomic E-state index is 0.0867. The van der Waals surface area contributed by atoms with Crippen LogP contribution in [0.25, 0.3) is 0 Å². The molecule has 1 aromatic rings. The van der Waals surface area contributed by atoms with Crippen molar-refractivity contribution in [3.8, 4) is 0 Å². The SMILES string of the molecule is C[C@@H](C(=O)OCc1ccc(Cl)cc1)N1C(=O)[C@@H]2CCCC[C@H]2C1=O. The van der Waals surface area contributed by atoms with Crippen molar-refractivity contribution in [3.05, 3.63) is 34.9 Å². The molecule has 6 heteroatoms. The van der Waals surface area contributed by atoms with Crippen molar-refractivity contribution in [1.29, 1.82) is 0 Å². The van der Waals surface area contributed by atoms with Crippen molar-refractivity contribution < 1.29 is 19.1 Å². The van der Waals surface area contributed by atoms with Gasteiger partial charge in [-0.15, -0.1) is 0 Å². The van der Waals surface area contributed by atoms with Crippen LogP contribution in [0.4, 0.5) is 0 Å². The first-order chi connectivity index (χ1) is 11.5. The summed E-state index contributed by atoms with van der Waals surface area (Å²) in [6.45, 7) is 1.64. The maximum absolute atomic E-state index is 12.5. The Morgan fingerprint density at radius 2 is 1.71 bits per heavy atom. The van der Waals surface area contributed by atoms with E-state index in [0.717, 1.165) is 36.1 Å². The number of likely N-dealkylation sites (tertiary alicyclic amines) is 1. The Labute approximate surface area is 145 Å². The number of rotatable bonds is 4. The number of carbonyl (C=O) groups is 3. The third-order valence-corrected chi connectivity index (χ3v) is 5.15. The van der Waals surface area contributed by atoms with E-state index in [-0.39, 0.29) is 30.3 Å². The lowest BCUT2D eigenvalue weighted by molar-refractivity contribution is -0.159. The summed E-state index contributed by atoms with van der Waals surface area (Å²) in [7, 11) is 0. The quantitative estimate of drug-likeness (QED) is 0.619. The van der Waals surface area contributed by atoms with E-state index in [1.54, 1.807) is 31.2 Å². The normalized spacial score (nSPS) is 24.7. The predicted molar refractivity (Wildman–Crippen MR) is 88.0 cm³/mol. The third-order valence-electron chi connectivity index (χ3n) is 4.90. The fourth-order valence-electron chi connectivity index (χ4n) is 3.53. The van der Waals surface area contributed by atoms with Gasteiger partial charge >= 0.3 is 5.97 Å². The molecule has 0 aromatic heterocycles. The molecule has 24 heavy (non-hydrogen) atoms. The molecule has 2 amide bonds. The summed E-state index contributed by atoms with van der Waals surface area (Å²) in [5, 5.41) is 0.606. The molecule has 0 N–H and O–H groups in total. The Bertz CT molecular complexity index is 633. The van der Waals surface area contributed by atoms with Crippen molar-refractivity contribution in [3.63, 3.8) is 0 Å². The number of imide groups is 1. The van der Waals surface area contributed by atoms with Gasteiger partial charge in [0, 0.05) is 5.02 Å². The lowest BCUT2D eigenvalue weighted by atomic mass is 9.81. The number of halogens is 1. The zero-order valence-corrected chi connectivity index (χ0v) is 14.3. The minimum atomic E-state index is -0.886. The fourth-order valence-corrected chi connectivity index (χ4v) is 3.66. The number of carbonyl (C=O) groups excluding carboxylic acids is 3. The van der Waals surface area contributed by atoms with Crippen molar-refractivity contribution in [2.24, 2.45) is 11.8 Å². The van der Waals surface area contributed by atoms with Crippen molar-refractivity contribution in [1.82, 2.24) is 4.90 Å². The van der Waals surface area contributed by atoms with E-state index in [9.17, 15) is 14.4 Å². The van der Waals surface area contributed by atoms with Crippen molar-refractivity contribution >= 4 is 29.4 Å². The summed E-state index contributed by atoms with van der Waals surface area (Å²) in [4.78, 5) is 38.4. The van der Waals surface area contributed by atoms with Gasteiger partial charge in [0.2, 0.25) is 11.8 Å². The van der Waals surface area contributed by atoms with Crippen molar-refractivity contribution in [2.45, 2.75) is 45.3 Å². The maximum atomic E-state index is 12.5. The van der Waals surface area contributed by atoms with Crippen LogP contribution in [0.2, 0.25) is 5.02 Å². The van der Waals surface area contributed by atoms with Gasteiger partial charge in [-0.2, -0.15) is 0 Å². The van der Waals surface area contributed by atoms with E-state index in [1.165, 1.54) is 0 Å². The first kappa shape index (κ1) is 17.0. The number of fused-ring (bicyclic) bond motifs is 1. The van der Waals surface area contributed by atoms with Gasteiger partial charge in [-0.25, -0.2) is 4.79 Å². The average molecular weight is 350 g/mol. The zero-order valence-electron chi connectivity index (χ0n) is 13.5. The Kier molecular flexibility index (Phi) is 4.90. The molecule has 3 atom stereocenters. The molecule has 1 saturated carbocycles. The number of nitrogens with zero attached hydrogens (tertiary/aromatic N) is 1. The highest BCUT2D eigenvalue weighted by molar-refractivity contribution is 6.30. The highest BCUT2D eigenvalue weighted by atomic mass is 35.5. The van der Waals surface area contributed by atoms with Crippen LogP contribution in [-0.2, 0) is 25.7 Å². The predicted octanol–water partition coefficient (Wildman–Crippen LogP) is 2.95. The Morgan fingerprint density at radius 3 is 2.25 bits per heavy atom. The smallest absolute Gasteiger partial charge is 0.329 e. The van der Waals surface area contributed by atoms with Gasteiger partial charge in [-0.3, -0.25) is 14.5 Å². The Hall–Kier alpha value is -1.88. The van der Waals surface area contributed by atoms with Crippen LogP contribution in [0.5, 0.6) is 0 Å². The minimum Gasteiger partial charge on any atom is -0.459 e. The molecule has 3 rings (SSSR count). The molecule has 5 nitrogen and oxygen atoms in total. The van der Waals surface area contributed by atoms with Gasteiger partial charge in [0.1, 0.15) is 12.6 Å². The molecule has 1 aliphatic heterocycles. The Morgan fingerprint density at radius 1 is 1.17 bits per heavy atom. The molecule has 0 radical (unpaired) electrons. The summed E-state index contributed by atoms with van der Waals surface area (Å²) in [5.41, 5.74) is 0.799. The summed E-state index contributed by atoms with van der Waals surface area (Å²) < 4.78 is 5.26. The van der Waals surface area contributed by atoms with E-state index in [2.05, 4.69) is 0 Å². The second kappa shape index (κ2) is 6.93. The van der Waals surface area contributed by atoms with Gasteiger partial charge < -0.3 is 4.74 Å². The molecule has 0 spiro atoms. The fraction of sp³-hybridized carbons (Fsp3) is 0.500. The van der Waals surface area contributed by atoms with Crippen LogP contribution in [0.15, 0.2) is 24.3 Å². The van der Waals surface area contributed by atoms with Gasteiger partial charge in [0.25, 0.3) is 0 Å². The second-order valence-electron chi connectivity index (χ2n) is 6.45. The molecular weight excluding hydrogens is 330 g/mol. The van der Waals surface area contributed by atoms with Gasteiger partial charge in [-0.1, -0.05) is 36.6 Å². The summed E-state index contributed by atoms with van der Waals surface area (Å²) in [6, 6.07) is 6.07. The highest BCUT2D eigenvalue weighted by Crippen LogP contribution is 2.38. The molecule has 0 bridgehead atoms. The number of esters is 1. The molecule has 1 saturated heterocycles. The molecule has 0 unspecified atom stereocenters. The van der Waals surface area contributed by atoms with Crippen molar-refractivity contribution in [2.75, 3.05) is 0 Å². The first-order valence-electron chi connectivity index (χ1n) is 8.27. The number of hydrogen-bond acceptors (Lipinski definition) is 4. The average Bonchev–Trinajstić information content (AvgIpc) is 2.85. The van der Waals surface area contributed by atoms with E-state index in [4.69, 9.17) is 16.3 Å². The molecule has 1 heterocycles. The number of ether oxygens (including phenoxy) is 1. The first-order valence-corrected chi connectivity index (χ1v) is 8.65. The number of hydrogen-bond donors (Lipinski definition) is 0. The van der Waals surface area contributed by atoms with Gasteiger partial charge in [0.05, 0.1) is 11.8 Å². The van der Waals surface area contributed by atoms with Crippen LogP contribution in [0.1, 0.15) is 38.2 Å². The monoisotopic (exact) mass is 349 g/mol. The summed E-state index contributed by atoms with van der Waals surface area (Å²) in [6.07, 6.45) is 3.39. The number of amides is 2.